The van der Waals surface area contributed by atoms with Crippen molar-refractivity contribution >= 4 is 45.8 Å². The van der Waals surface area contributed by atoms with Gasteiger partial charge in [0.1, 0.15) is 23.3 Å². The summed E-state index contributed by atoms with van der Waals surface area (Å²) in [6.45, 7) is 1.82. The van der Waals surface area contributed by atoms with Gasteiger partial charge in [0.25, 0.3) is 5.91 Å². The largest absolute Gasteiger partial charge is 0.484 e. The maximum absolute atomic E-state index is 12.8. The summed E-state index contributed by atoms with van der Waals surface area (Å²) >= 11 is 11.8. The first-order valence-electron chi connectivity index (χ1n) is 10.1. The van der Waals surface area contributed by atoms with Crippen LogP contribution in [-0.4, -0.2) is 12.5 Å². The molecular formula is C25H19Cl2NO5. The number of benzene rings is 3. The predicted molar refractivity (Wildman–Crippen MR) is 129 cm³/mol. The quantitative estimate of drug-likeness (QED) is 0.325. The van der Waals surface area contributed by atoms with Gasteiger partial charge in [-0.1, -0.05) is 42.3 Å². The summed E-state index contributed by atoms with van der Waals surface area (Å²) in [6, 6.07) is 17.0. The molecule has 0 saturated carbocycles. The van der Waals surface area contributed by atoms with E-state index in [1.807, 2.05) is 24.3 Å². The molecular weight excluding hydrogens is 465 g/mol. The number of rotatable bonds is 7. The lowest BCUT2D eigenvalue weighted by Crippen LogP contribution is -2.20. The lowest BCUT2D eigenvalue weighted by Gasteiger charge is -2.09. The molecule has 0 saturated heterocycles. The summed E-state index contributed by atoms with van der Waals surface area (Å²) in [4.78, 5) is 24.9. The molecule has 0 unspecified atom stereocenters. The number of anilines is 1. The van der Waals surface area contributed by atoms with Gasteiger partial charge in [-0.15, -0.1) is 0 Å². The molecule has 0 aliphatic heterocycles. The maximum atomic E-state index is 12.8. The van der Waals surface area contributed by atoms with Gasteiger partial charge < -0.3 is 19.2 Å². The van der Waals surface area contributed by atoms with Crippen molar-refractivity contribution in [1.82, 2.24) is 0 Å². The molecule has 0 radical (unpaired) electrons. The van der Waals surface area contributed by atoms with Crippen LogP contribution in [-0.2, 0) is 11.2 Å². The number of carbonyl (C=O) groups is 1. The number of carbonyl (C=O) groups excluding carboxylic acids is 1. The van der Waals surface area contributed by atoms with Crippen LogP contribution in [0.25, 0.3) is 11.0 Å². The van der Waals surface area contributed by atoms with E-state index in [2.05, 4.69) is 12.2 Å². The van der Waals surface area contributed by atoms with Crippen LogP contribution in [0.4, 0.5) is 5.69 Å². The summed E-state index contributed by atoms with van der Waals surface area (Å²) in [5, 5.41) is 3.73. The number of nitrogens with one attached hydrogen (secondary N) is 1. The number of amides is 1. The second-order valence-electron chi connectivity index (χ2n) is 7.15. The minimum Gasteiger partial charge on any atom is -0.484 e. The van der Waals surface area contributed by atoms with Crippen LogP contribution in [0.1, 0.15) is 12.5 Å². The second kappa shape index (κ2) is 9.98. The highest BCUT2D eigenvalue weighted by Gasteiger charge is 2.12. The molecule has 33 heavy (non-hydrogen) atoms. The van der Waals surface area contributed by atoms with Gasteiger partial charge in [0.05, 0.1) is 15.4 Å². The molecule has 4 aromatic rings. The van der Waals surface area contributed by atoms with Gasteiger partial charge in [-0.25, -0.2) is 0 Å². The van der Waals surface area contributed by atoms with Crippen LogP contribution in [0.2, 0.25) is 10.0 Å². The summed E-state index contributed by atoms with van der Waals surface area (Å²) in [5.41, 5.74) is 1.68. The molecule has 1 N–H and O–H groups in total. The average Bonchev–Trinajstić information content (AvgIpc) is 2.82. The highest BCUT2D eigenvalue weighted by molar-refractivity contribution is 6.42. The van der Waals surface area contributed by atoms with E-state index in [1.165, 1.54) is 11.8 Å². The lowest BCUT2D eigenvalue weighted by atomic mass is 10.2. The van der Waals surface area contributed by atoms with Crippen LogP contribution in [0, 0.1) is 0 Å². The van der Waals surface area contributed by atoms with Crippen molar-refractivity contribution in [2.24, 2.45) is 0 Å². The molecule has 0 aliphatic carbocycles. The fourth-order valence-corrected chi connectivity index (χ4v) is 3.39. The fraction of sp³-hybridized carbons (Fsp3) is 0.120. The summed E-state index contributed by atoms with van der Waals surface area (Å²) < 4.78 is 16.8. The topological polar surface area (TPSA) is 77.8 Å². The van der Waals surface area contributed by atoms with Crippen molar-refractivity contribution in [1.29, 1.82) is 0 Å². The molecule has 1 amide bonds. The highest BCUT2D eigenvalue weighted by atomic mass is 35.5. The number of hydrogen-bond donors (Lipinski definition) is 1. The Morgan fingerprint density at radius 1 is 0.970 bits per heavy atom. The third-order valence-corrected chi connectivity index (χ3v) is 5.59. The van der Waals surface area contributed by atoms with Gasteiger partial charge in [0.15, 0.2) is 6.61 Å². The van der Waals surface area contributed by atoms with E-state index in [-0.39, 0.29) is 23.7 Å². The van der Waals surface area contributed by atoms with Crippen molar-refractivity contribution in [3.8, 4) is 17.2 Å². The van der Waals surface area contributed by atoms with Gasteiger partial charge in [0, 0.05) is 11.8 Å². The van der Waals surface area contributed by atoms with Gasteiger partial charge in [-0.05, 0) is 54.4 Å². The maximum Gasteiger partial charge on any atom is 0.262 e. The fourth-order valence-electron chi connectivity index (χ4n) is 3.09. The average molecular weight is 484 g/mol. The zero-order chi connectivity index (χ0) is 23.4. The van der Waals surface area contributed by atoms with Crippen molar-refractivity contribution in [3.05, 3.63) is 92.8 Å². The summed E-state index contributed by atoms with van der Waals surface area (Å²) in [7, 11) is 0. The first-order chi connectivity index (χ1) is 15.9. The molecule has 3 aromatic carbocycles. The van der Waals surface area contributed by atoms with Crippen LogP contribution < -0.4 is 20.2 Å². The minimum atomic E-state index is -0.382. The standard InChI is InChI=1S/C25H19Cl2NO5/c1-2-15-3-6-17(7-4-15)33-23-13-32-22-12-18(8-9-19(22)25(23)30)31-14-24(29)28-16-5-10-20(26)21(27)11-16/h3-13H,2,14H2,1H3,(H,28,29). The summed E-state index contributed by atoms with van der Waals surface area (Å²) in [6.07, 6.45) is 2.18. The Kier molecular flexibility index (Phi) is 6.87. The predicted octanol–water partition coefficient (Wildman–Crippen LogP) is 6.47. The molecule has 1 heterocycles. The molecule has 0 aliphatic rings. The van der Waals surface area contributed by atoms with E-state index in [0.29, 0.717) is 38.2 Å². The molecule has 6 nitrogen and oxygen atoms in total. The van der Waals surface area contributed by atoms with E-state index in [4.69, 9.17) is 37.1 Å². The Hall–Kier alpha value is -3.48. The third-order valence-electron chi connectivity index (χ3n) is 4.85. The van der Waals surface area contributed by atoms with Gasteiger partial charge >= 0.3 is 0 Å². The molecule has 0 spiro atoms. The van der Waals surface area contributed by atoms with E-state index in [1.54, 1.807) is 36.4 Å². The Morgan fingerprint density at radius 2 is 1.73 bits per heavy atom. The number of fused-ring (bicyclic) bond motifs is 1. The Balaban J connectivity index is 1.43. The molecule has 0 fully saturated rings. The minimum absolute atomic E-state index is 0.0846. The SMILES string of the molecule is CCc1ccc(Oc2coc3cc(OCC(=O)Nc4ccc(Cl)c(Cl)c4)ccc3c2=O)cc1. The smallest absolute Gasteiger partial charge is 0.262 e. The number of aryl methyl sites for hydroxylation is 1. The number of halogens is 2. The number of ether oxygens (including phenoxy) is 2. The lowest BCUT2D eigenvalue weighted by molar-refractivity contribution is -0.118. The van der Waals surface area contributed by atoms with Crippen molar-refractivity contribution in [2.75, 3.05) is 11.9 Å². The van der Waals surface area contributed by atoms with Crippen LogP contribution >= 0.6 is 23.2 Å². The zero-order valence-electron chi connectivity index (χ0n) is 17.6. The number of hydrogen-bond acceptors (Lipinski definition) is 5. The van der Waals surface area contributed by atoms with Crippen LogP contribution in [0.3, 0.4) is 0 Å². The van der Waals surface area contributed by atoms with E-state index in [0.717, 1.165) is 6.42 Å². The van der Waals surface area contributed by atoms with Crippen molar-refractivity contribution < 1.29 is 18.7 Å². The zero-order valence-corrected chi connectivity index (χ0v) is 19.1. The molecule has 168 valence electrons. The van der Waals surface area contributed by atoms with E-state index in [9.17, 15) is 9.59 Å². The van der Waals surface area contributed by atoms with Gasteiger partial charge in [0.2, 0.25) is 11.2 Å². The Bertz CT molecular complexity index is 1370. The van der Waals surface area contributed by atoms with Crippen LogP contribution in [0.15, 0.2) is 76.1 Å². The van der Waals surface area contributed by atoms with Crippen molar-refractivity contribution in [2.45, 2.75) is 13.3 Å². The van der Waals surface area contributed by atoms with Crippen molar-refractivity contribution in [3.63, 3.8) is 0 Å². The van der Waals surface area contributed by atoms with E-state index < -0.39 is 0 Å². The summed E-state index contributed by atoms with van der Waals surface area (Å²) in [5.74, 6) is 0.625. The van der Waals surface area contributed by atoms with E-state index >= 15 is 0 Å². The van der Waals surface area contributed by atoms with Crippen LogP contribution in [0.5, 0.6) is 17.2 Å². The first kappa shape index (κ1) is 22.7. The highest BCUT2D eigenvalue weighted by Crippen LogP contribution is 2.26. The molecule has 0 atom stereocenters. The third kappa shape index (κ3) is 5.48. The van der Waals surface area contributed by atoms with Gasteiger partial charge in [-0.3, -0.25) is 9.59 Å². The second-order valence-corrected chi connectivity index (χ2v) is 7.97. The monoisotopic (exact) mass is 483 g/mol. The molecule has 0 bridgehead atoms. The van der Waals surface area contributed by atoms with Gasteiger partial charge in [-0.2, -0.15) is 0 Å². The normalized spacial score (nSPS) is 10.8. The first-order valence-corrected chi connectivity index (χ1v) is 10.9. The molecule has 1 aromatic heterocycles. The Labute approximate surface area is 199 Å². The Morgan fingerprint density at radius 3 is 2.45 bits per heavy atom. The molecule has 8 heteroatoms. The molecule has 4 rings (SSSR count).